The summed E-state index contributed by atoms with van der Waals surface area (Å²) < 4.78 is 1.98. The molecule has 0 aromatic carbocycles. The molecular weight excluding hydrogens is 290 g/mol. The van der Waals surface area contributed by atoms with Crippen molar-refractivity contribution in [1.29, 1.82) is 0 Å². The summed E-state index contributed by atoms with van der Waals surface area (Å²) in [6, 6.07) is 0. The maximum Gasteiger partial charge on any atom is 0.191 e. The Morgan fingerprint density at radius 3 is 2.43 bits per heavy atom. The fourth-order valence-electron chi connectivity index (χ4n) is 2.90. The van der Waals surface area contributed by atoms with E-state index >= 15 is 0 Å². The molecule has 0 saturated carbocycles. The number of rotatable bonds is 5. The molecule has 1 saturated heterocycles. The average Bonchev–Trinajstić information content (AvgIpc) is 2.88. The Hall–Kier alpha value is -1.63. The van der Waals surface area contributed by atoms with Gasteiger partial charge in [-0.15, -0.1) is 10.2 Å². The molecule has 1 aromatic rings. The lowest BCUT2D eigenvalue weighted by Gasteiger charge is -2.41. The highest BCUT2D eigenvalue weighted by atomic mass is 15.3. The van der Waals surface area contributed by atoms with Crippen molar-refractivity contribution in [3.05, 3.63) is 11.6 Å². The van der Waals surface area contributed by atoms with Crippen molar-refractivity contribution in [2.24, 2.45) is 12.0 Å². The Morgan fingerprint density at radius 2 is 1.87 bits per heavy atom. The zero-order chi connectivity index (χ0) is 16.9. The molecule has 7 nitrogen and oxygen atoms in total. The summed E-state index contributed by atoms with van der Waals surface area (Å²) >= 11 is 0. The van der Waals surface area contributed by atoms with Crippen LogP contribution in [0.2, 0.25) is 0 Å². The zero-order valence-corrected chi connectivity index (χ0v) is 15.2. The van der Waals surface area contributed by atoms with E-state index in [2.05, 4.69) is 44.6 Å². The maximum atomic E-state index is 4.31. The van der Waals surface area contributed by atoms with Gasteiger partial charge in [0.15, 0.2) is 11.8 Å². The highest BCUT2D eigenvalue weighted by Gasteiger charge is 2.27. The summed E-state index contributed by atoms with van der Waals surface area (Å²) in [7, 11) is 3.77. The summed E-state index contributed by atoms with van der Waals surface area (Å²) in [6.45, 7) is 10.4. The Labute approximate surface area is 139 Å². The van der Waals surface area contributed by atoms with Crippen LogP contribution in [0.5, 0.6) is 0 Å². The summed E-state index contributed by atoms with van der Waals surface area (Å²) in [5.74, 6) is 2.62. The molecule has 1 aliphatic rings. The van der Waals surface area contributed by atoms with E-state index in [9.17, 15) is 0 Å². The van der Waals surface area contributed by atoms with Gasteiger partial charge in [-0.3, -0.25) is 9.89 Å². The molecule has 1 aliphatic heterocycles. The van der Waals surface area contributed by atoms with Crippen LogP contribution in [-0.4, -0.2) is 57.8 Å². The molecule has 2 rings (SSSR count). The number of piperidine rings is 1. The quantitative estimate of drug-likeness (QED) is 0.627. The van der Waals surface area contributed by atoms with Crippen LogP contribution in [-0.2, 0) is 13.6 Å². The van der Waals surface area contributed by atoms with Gasteiger partial charge in [-0.05, 0) is 46.7 Å². The molecule has 0 bridgehead atoms. The summed E-state index contributed by atoms with van der Waals surface area (Å²) in [6.07, 6.45) is 3.98. The first-order chi connectivity index (χ1) is 10.9. The first-order valence-corrected chi connectivity index (χ1v) is 8.48. The lowest BCUT2D eigenvalue weighted by atomic mass is 9.98. The van der Waals surface area contributed by atoms with Crippen LogP contribution >= 0.6 is 0 Å². The van der Waals surface area contributed by atoms with Crippen molar-refractivity contribution in [1.82, 2.24) is 30.3 Å². The Kier molecular flexibility index (Phi) is 5.98. The van der Waals surface area contributed by atoms with Gasteiger partial charge in [-0.2, -0.15) is 0 Å². The van der Waals surface area contributed by atoms with Crippen LogP contribution in [0, 0.1) is 6.92 Å². The third-order valence-corrected chi connectivity index (χ3v) is 4.72. The molecule has 2 N–H and O–H groups in total. The van der Waals surface area contributed by atoms with Gasteiger partial charge >= 0.3 is 0 Å². The molecule has 1 aromatic heterocycles. The number of hydrogen-bond acceptors (Lipinski definition) is 4. The van der Waals surface area contributed by atoms with Gasteiger partial charge in [0.05, 0.1) is 6.54 Å². The second-order valence-corrected chi connectivity index (χ2v) is 6.86. The number of hydrogen-bond donors (Lipinski definition) is 2. The van der Waals surface area contributed by atoms with E-state index in [1.165, 1.54) is 32.4 Å². The van der Waals surface area contributed by atoms with Gasteiger partial charge in [-0.25, -0.2) is 0 Å². The monoisotopic (exact) mass is 321 g/mol. The number of likely N-dealkylation sites (tertiary alicyclic amines) is 1. The number of nitrogens with one attached hydrogen (secondary N) is 2. The minimum absolute atomic E-state index is 0.124. The van der Waals surface area contributed by atoms with Crippen LogP contribution in [0.3, 0.4) is 0 Å². The SMILES string of the molecule is CN=C(NCc1nnc(C)n1C)NCC(C)(C)N1CCCCC1. The molecule has 0 spiro atoms. The molecule has 0 atom stereocenters. The summed E-state index contributed by atoms with van der Waals surface area (Å²) in [4.78, 5) is 6.88. The zero-order valence-electron chi connectivity index (χ0n) is 15.2. The third-order valence-electron chi connectivity index (χ3n) is 4.72. The van der Waals surface area contributed by atoms with Crippen LogP contribution in [0.4, 0.5) is 0 Å². The first kappa shape index (κ1) is 17.7. The predicted octanol–water partition coefficient (Wildman–Crippen LogP) is 1.05. The van der Waals surface area contributed by atoms with Crippen LogP contribution < -0.4 is 10.6 Å². The number of aliphatic imine (C=N–C) groups is 1. The van der Waals surface area contributed by atoms with E-state index in [-0.39, 0.29) is 5.54 Å². The molecule has 0 radical (unpaired) electrons. The Bertz CT molecular complexity index is 527. The van der Waals surface area contributed by atoms with Crippen LogP contribution in [0.15, 0.2) is 4.99 Å². The Morgan fingerprint density at radius 1 is 1.17 bits per heavy atom. The third kappa shape index (κ3) is 4.67. The van der Waals surface area contributed by atoms with Crippen molar-refractivity contribution in [2.45, 2.75) is 52.1 Å². The molecule has 0 amide bonds. The van der Waals surface area contributed by atoms with Gasteiger partial charge in [-0.1, -0.05) is 6.42 Å². The van der Waals surface area contributed by atoms with E-state index < -0.39 is 0 Å². The van der Waals surface area contributed by atoms with Crippen molar-refractivity contribution >= 4 is 5.96 Å². The van der Waals surface area contributed by atoms with Gasteiger partial charge < -0.3 is 15.2 Å². The minimum atomic E-state index is 0.124. The molecule has 0 aliphatic carbocycles. The average molecular weight is 321 g/mol. The molecular formula is C16H31N7. The molecule has 1 fully saturated rings. The largest absolute Gasteiger partial charge is 0.355 e. The maximum absolute atomic E-state index is 4.31. The van der Waals surface area contributed by atoms with Crippen LogP contribution in [0.1, 0.15) is 44.8 Å². The predicted molar refractivity (Wildman–Crippen MR) is 93.4 cm³/mol. The lowest BCUT2D eigenvalue weighted by molar-refractivity contribution is 0.0982. The lowest BCUT2D eigenvalue weighted by Crippen LogP contribution is -2.54. The van der Waals surface area contributed by atoms with Gasteiger partial charge in [0, 0.05) is 26.2 Å². The highest BCUT2D eigenvalue weighted by Crippen LogP contribution is 2.19. The number of guanidine groups is 1. The number of nitrogens with zero attached hydrogens (tertiary/aromatic N) is 5. The first-order valence-electron chi connectivity index (χ1n) is 8.48. The van der Waals surface area contributed by atoms with Crippen LogP contribution in [0.25, 0.3) is 0 Å². The van der Waals surface area contributed by atoms with Crippen molar-refractivity contribution in [3.63, 3.8) is 0 Å². The molecule has 23 heavy (non-hydrogen) atoms. The smallest absolute Gasteiger partial charge is 0.191 e. The molecule has 2 heterocycles. The number of aryl methyl sites for hydroxylation is 1. The van der Waals surface area contributed by atoms with Crippen molar-refractivity contribution in [3.8, 4) is 0 Å². The second-order valence-electron chi connectivity index (χ2n) is 6.86. The van der Waals surface area contributed by atoms with E-state index in [1.807, 2.05) is 18.5 Å². The van der Waals surface area contributed by atoms with Gasteiger partial charge in [0.25, 0.3) is 0 Å². The van der Waals surface area contributed by atoms with E-state index in [1.54, 1.807) is 7.05 Å². The van der Waals surface area contributed by atoms with E-state index in [0.29, 0.717) is 6.54 Å². The van der Waals surface area contributed by atoms with Crippen molar-refractivity contribution in [2.75, 3.05) is 26.7 Å². The number of aromatic nitrogens is 3. The standard InChI is InChI=1S/C16H31N7/c1-13-20-21-14(22(13)5)11-18-15(17-4)19-12-16(2,3)23-9-7-6-8-10-23/h6-12H2,1-5H3,(H2,17,18,19). The molecule has 130 valence electrons. The fourth-order valence-corrected chi connectivity index (χ4v) is 2.90. The summed E-state index contributed by atoms with van der Waals surface area (Å²) in [5.41, 5.74) is 0.124. The normalized spacial score (nSPS) is 17.3. The van der Waals surface area contributed by atoms with E-state index in [4.69, 9.17) is 0 Å². The minimum Gasteiger partial charge on any atom is -0.355 e. The van der Waals surface area contributed by atoms with E-state index in [0.717, 1.165) is 24.2 Å². The highest BCUT2D eigenvalue weighted by molar-refractivity contribution is 5.79. The fraction of sp³-hybridized carbons (Fsp3) is 0.812. The topological polar surface area (TPSA) is 70.4 Å². The molecule has 7 heteroatoms. The summed E-state index contributed by atoms with van der Waals surface area (Å²) in [5, 5.41) is 15.0. The van der Waals surface area contributed by atoms with Gasteiger partial charge in [0.2, 0.25) is 0 Å². The van der Waals surface area contributed by atoms with Crippen molar-refractivity contribution < 1.29 is 0 Å². The second kappa shape index (κ2) is 7.77. The van der Waals surface area contributed by atoms with Gasteiger partial charge in [0.1, 0.15) is 5.82 Å². The Balaban J connectivity index is 1.83. The molecule has 0 unspecified atom stereocenters.